The van der Waals surface area contributed by atoms with Gasteiger partial charge in [0.15, 0.2) is 0 Å². The topological polar surface area (TPSA) is 96.5 Å². The van der Waals surface area contributed by atoms with E-state index in [9.17, 15) is 10.1 Å². The summed E-state index contributed by atoms with van der Waals surface area (Å²) in [4.78, 5) is 13.1. The van der Waals surface area contributed by atoms with Gasteiger partial charge in [-0.05, 0) is 0 Å². The number of hydrogen-bond donors (Lipinski definition) is 2. The minimum absolute atomic E-state index is 0.206. The summed E-state index contributed by atoms with van der Waals surface area (Å²) in [5.74, 6) is 0. The summed E-state index contributed by atoms with van der Waals surface area (Å²) in [6.07, 6.45) is 2.26. The summed E-state index contributed by atoms with van der Waals surface area (Å²) in [6.45, 7) is 0. The smallest absolute Gasteiger partial charge is 0.423 e. The molecule has 0 saturated carbocycles. The van der Waals surface area contributed by atoms with Crippen molar-refractivity contribution in [2.24, 2.45) is 0 Å². The lowest BCUT2D eigenvalue weighted by molar-refractivity contribution is -0.383. The molecule has 0 fully saturated rings. The van der Waals surface area contributed by atoms with Gasteiger partial charge in [-0.25, -0.2) is 0 Å². The van der Waals surface area contributed by atoms with E-state index in [1.54, 1.807) is 0 Å². The molecule has 0 atom stereocenters. The summed E-state index contributed by atoms with van der Waals surface area (Å²) in [6, 6.07) is 1.11. The van der Waals surface area contributed by atoms with Crippen molar-refractivity contribution < 1.29 is 15.0 Å². The Bertz CT molecular complexity index is 303. The molecule has 12 heavy (non-hydrogen) atoms. The molecule has 1 aromatic heterocycles. The number of aromatic nitrogens is 1. The molecule has 0 unspecified atom stereocenters. The van der Waals surface area contributed by atoms with Crippen LogP contribution in [0.1, 0.15) is 0 Å². The molecule has 7 heteroatoms. The lowest BCUT2D eigenvalue weighted by atomic mass is 9.80. The largest absolute Gasteiger partial charge is 0.497 e. The van der Waals surface area contributed by atoms with Gasteiger partial charge in [0, 0.05) is 18.5 Å². The Kier molecular flexibility index (Phi) is 2.36. The summed E-state index contributed by atoms with van der Waals surface area (Å²) in [5, 5.41) is 27.6. The first kappa shape index (κ1) is 8.63. The van der Waals surface area contributed by atoms with Crippen LogP contribution in [0.4, 0.5) is 5.69 Å². The summed E-state index contributed by atoms with van der Waals surface area (Å²) in [5.41, 5.74) is -0.553. The van der Waals surface area contributed by atoms with Crippen molar-refractivity contribution >= 4 is 18.3 Å². The molecular weight excluding hydrogens is 163 g/mol. The van der Waals surface area contributed by atoms with E-state index in [1.165, 1.54) is 6.20 Å². The van der Waals surface area contributed by atoms with Crippen LogP contribution < -0.4 is 5.46 Å². The molecule has 0 aliphatic carbocycles. The van der Waals surface area contributed by atoms with E-state index in [-0.39, 0.29) is 11.2 Å². The van der Waals surface area contributed by atoms with Crippen LogP contribution in [0.5, 0.6) is 0 Å². The van der Waals surface area contributed by atoms with Crippen molar-refractivity contribution in [2.45, 2.75) is 0 Å². The van der Waals surface area contributed by atoms with Crippen LogP contribution in [-0.4, -0.2) is 27.1 Å². The van der Waals surface area contributed by atoms with Gasteiger partial charge in [-0.15, -0.1) is 0 Å². The molecule has 0 spiro atoms. The fourth-order valence-corrected chi connectivity index (χ4v) is 0.765. The van der Waals surface area contributed by atoms with E-state index in [1.807, 2.05) is 0 Å². The molecule has 0 aliphatic heterocycles. The molecule has 1 heterocycles. The lowest BCUT2D eigenvalue weighted by Crippen LogP contribution is -2.32. The number of pyridine rings is 1. The van der Waals surface area contributed by atoms with Crippen LogP contribution in [0.15, 0.2) is 18.5 Å². The Morgan fingerprint density at radius 2 is 2.25 bits per heavy atom. The monoisotopic (exact) mass is 168 g/mol. The van der Waals surface area contributed by atoms with E-state index >= 15 is 0 Å². The molecule has 1 rings (SSSR count). The molecule has 2 N–H and O–H groups in total. The zero-order valence-corrected chi connectivity index (χ0v) is 5.91. The molecule has 0 aliphatic rings. The van der Waals surface area contributed by atoms with E-state index in [0.29, 0.717) is 0 Å². The standard InChI is InChI=1S/C5H5BN2O4/c9-6(10)4-3-7-2-1-5(4)8(11)12/h1-3,9-10H. The highest BCUT2D eigenvalue weighted by molar-refractivity contribution is 6.60. The van der Waals surface area contributed by atoms with Crippen LogP contribution in [-0.2, 0) is 0 Å². The molecule has 0 bridgehead atoms. The minimum atomic E-state index is -1.86. The summed E-state index contributed by atoms with van der Waals surface area (Å²) < 4.78 is 0. The average Bonchev–Trinajstić information content (AvgIpc) is 2.04. The highest BCUT2D eigenvalue weighted by Gasteiger charge is 2.22. The second kappa shape index (κ2) is 3.29. The van der Waals surface area contributed by atoms with Gasteiger partial charge in [-0.2, -0.15) is 0 Å². The first-order chi connectivity index (χ1) is 5.63. The van der Waals surface area contributed by atoms with Gasteiger partial charge in [-0.1, -0.05) is 0 Å². The third-order valence-electron chi connectivity index (χ3n) is 1.30. The number of hydrogen-bond acceptors (Lipinski definition) is 5. The Morgan fingerprint density at radius 1 is 1.58 bits per heavy atom. The molecule has 0 radical (unpaired) electrons. The third kappa shape index (κ3) is 1.58. The van der Waals surface area contributed by atoms with E-state index in [4.69, 9.17) is 10.0 Å². The van der Waals surface area contributed by atoms with Crippen molar-refractivity contribution in [3.8, 4) is 0 Å². The molecule has 0 aromatic carbocycles. The predicted molar refractivity (Wildman–Crippen MR) is 40.7 cm³/mol. The van der Waals surface area contributed by atoms with Crippen molar-refractivity contribution in [1.29, 1.82) is 0 Å². The van der Waals surface area contributed by atoms with Crippen LogP contribution in [0.25, 0.3) is 0 Å². The van der Waals surface area contributed by atoms with E-state index < -0.39 is 12.0 Å². The van der Waals surface area contributed by atoms with Gasteiger partial charge in [0.25, 0.3) is 5.69 Å². The van der Waals surface area contributed by atoms with Gasteiger partial charge in [0.1, 0.15) is 0 Å². The van der Waals surface area contributed by atoms with E-state index in [0.717, 1.165) is 12.3 Å². The second-order valence-corrected chi connectivity index (χ2v) is 2.07. The Balaban J connectivity index is 3.17. The first-order valence-electron chi connectivity index (χ1n) is 3.07. The minimum Gasteiger partial charge on any atom is -0.423 e. The zero-order valence-electron chi connectivity index (χ0n) is 5.91. The SMILES string of the molecule is O=[N+]([O-])c1ccncc1B(O)O. The number of rotatable bonds is 2. The predicted octanol–water partition coefficient (Wildman–Crippen LogP) is -1.33. The normalized spacial score (nSPS) is 9.50. The van der Waals surface area contributed by atoms with Crippen LogP contribution in [0.3, 0.4) is 0 Å². The molecule has 0 saturated heterocycles. The average molecular weight is 168 g/mol. The van der Waals surface area contributed by atoms with Gasteiger partial charge in [0.2, 0.25) is 0 Å². The molecular formula is C5H5BN2O4. The fraction of sp³-hybridized carbons (Fsp3) is 0. The zero-order chi connectivity index (χ0) is 9.14. The highest BCUT2D eigenvalue weighted by atomic mass is 16.6. The number of nitrogens with zero attached hydrogens (tertiary/aromatic N) is 2. The maximum absolute atomic E-state index is 10.3. The van der Waals surface area contributed by atoms with Crippen molar-refractivity contribution in [3.05, 3.63) is 28.6 Å². The van der Waals surface area contributed by atoms with Gasteiger partial charge >= 0.3 is 7.12 Å². The molecule has 1 aromatic rings. The Labute approximate surface area is 67.8 Å². The third-order valence-corrected chi connectivity index (χ3v) is 1.30. The Morgan fingerprint density at radius 3 is 2.67 bits per heavy atom. The maximum Gasteiger partial charge on any atom is 0.497 e. The molecule has 62 valence electrons. The fourth-order valence-electron chi connectivity index (χ4n) is 0.765. The Hall–Kier alpha value is -1.47. The van der Waals surface area contributed by atoms with Gasteiger partial charge in [-0.3, -0.25) is 15.1 Å². The lowest BCUT2D eigenvalue weighted by Gasteiger charge is -1.98. The van der Waals surface area contributed by atoms with Crippen molar-refractivity contribution in [2.75, 3.05) is 0 Å². The van der Waals surface area contributed by atoms with Crippen LogP contribution in [0, 0.1) is 10.1 Å². The van der Waals surface area contributed by atoms with Gasteiger partial charge < -0.3 is 10.0 Å². The first-order valence-corrected chi connectivity index (χ1v) is 3.07. The quantitative estimate of drug-likeness (QED) is 0.324. The maximum atomic E-state index is 10.3. The highest BCUT2D eigenvalue weighted by Crippen LogP contribution is 2.04. The number of nitro groups is 1. The summed E-state index contributed by atoms with van der Waals surface area (Å²) in [7, 11) is -1.86. The summed E-state index contributed by atoms with van der Waals surface area (Å²) >= 11 is 0. The van der Waals surface area contributed by atoms with E-state index in [2.05, 4.69) is 4.98 Å². The molecule has 6 nitrogen and oxygen atoms in total. The van der Waals surface area contributed by atoms with Crippen molar-refractivity contribution in [1.82, 2.24) is 4.98 Å². The van der Waals surface area contributed by atoms with Gasteiger partial charge in [0.05, 0.1) is 10.4 Å². The van der Waals surface area contributed by atoms with Crippen LogP contribution in [0.2, 0.25) is 0 Å². The van der Waals surface area contributed by atoms with Crippen molar-refractivity contribution in [3.63, 3.8) is 0 Å². The van der Waals surface area contributed by atoms with Crippen LogP contribution >= 0.6 is 0 Å². The second-order valence-electron chi connectivity index (χ2n) is 2.07. The molecule has 0 amide bonds.